The van der Waals surface area contributed by atoms with E-state index in [-0.39, 0.29) is 0 Å². The Balaban J connectivity index is 1.82. The zero-order valence-electron chi connectivity index (χ0n) is 12.0. The van der Waals surface area contributed by atoms with E-state index < -0.39 is 0 Å². The Morgan fingerprint density at radius 3 is 2.33 bits per heavy atom. The van der Waals surface area contributed by atoms with E-state index in [9.17, 15) is 0 Å². The molecule has 1 aliphatic rings. The second-order valence-electron chi connectivity index (χ2n) is 5.65. The zero-order chi connectivity index (χ0) is 13.0. The highest BCUT2D eigenvalue weighted by Crippen LogP contribution is 2.33. The minimum absolute atomic E-state index is 0.509. The molecule has 0 spiro atoms. The lowest BCUT2D eigenvalue weighted by molar-refractivity contribution is 0.322. The molecule has 2 rings (SSSR count). The van der Waals surface area contributed by atoms with Gasteiger partial charge in [0.15, 0.2) is 0 Å². The van der Waals surface area contributed by atoms with E-state index in [1.165, 1.54) is 30.4 Å². The molecular weight excluding hydrogens is 220 g/mol. The van der Waals surface area contributed by atoms with Gasteiger partial charge in [0.25, 0.3) is 0 Å². The normalized spacial score (nSPS) is 23.9. The highest BCUT2D eigenvalue weighted by atomic mass is 16.6. The van der Waals surface area contributed by atoms with Crippen LogP contribution in [0.15, 0.2) is 24.3 Å². The van der Waals surface area contributed by atoms with Crippen LogP contribution in [0.25, 0.3) is 0 Å². The number of benzene rings is 1. The lowest BCUT2D eigenvalue weighted by Gasteiger charge is -2.09. The quantitative estimate of drug-likeness (QED) is 0.650. The van der Waals surface area contributed by atoms with Crippen molar-refractivity contribution in [1.29, 1.82) is 0 Å². The van der Waals surface area contributed by atoms with E-state index in [0.29, 0.717) is 18.1 Å². The SMILES string of the molecule is CCCCc1ccc(CC(C)C2OC2CC)cc1. The molecule has 0 aliphatic carbocycles. The molecule has 0 N–H and O–H groups in total. The highest BCUT2D eigenvalue weighted by molar-refractivity contribution is 5.23. The van der Waals surface area contributed by atoms with Crippen molar-refractivity contribution < 1.29 is 4.74 Å². The van der Waals surface area contributed by atoms with Crippen molar-refractivity contribution in [2.45, 2.75) is 65.1 Å². The molecular formula is C17H26O. The van der Waals surface area contributed by atoms with Crippen LogP contribution in [0, 0.1) is 5.92 Å². The molecule has 1 saturated heterocycles. The maximum Gasteiger partial charge on any atom is 0.0870 e. The van der Waals surface area contributed by atoms with E-state index in [4.69, 9.17) is 4.74 Å². The predicted molar refractivity (Wildman–Crippen MR) is 76.9 cm³/mol. The van der Waals surface area contributed by atoms with Crippen molar-refractivity contribution in [2.75, 3.05) is 0 Å². The summed E-state index contributed by atoms with van der Waals surface area (Å²) >= 11 is 0. The second kappa shape index (κ2) is 6.38. The van der Waals surface area contributed by atoms with Crippen LogP contribution in [-0.4, -0.2) is 12.2 Å². The lowest BCUT2D eigenvalue weighted by Crippen LogP contribution is -2.09. The summed E-state index contributed by atoms with van der Waals surface area (Å²) in [5, 5.41) is 0. The molecule has 0 bridgehead atoms. The van der Waals surface area contributed by atoms with Crippen molar-refractivity contribution in [2.24, 2.45) is 5.92 Å². The smallest absolute Gasteiger partial charge is 0.0870 e. The van der Waals surface area contributed by atoms with E-state index in [1.54, 1.807) is 0 Å². The molecule has 0 radical (unpaired) electrons. The van der Waals surface area contributed by atoms with Crippen LogP contribution < -0.4 is 0 Å². The summed E-state index contributed by atoms with van der Waals surface area (Å²) in [4.78, 5) is 0. The molecule has 3 atom stereocenters. The van der Waals surface area contributed by atoms with Crippen molar-refractivity contribution >= 4 is 0 Å². The minimum atomic E-state index is 0.509. The summed E-state index contributed by atoms with van der Waals surface area (Å²) < 4.78 is 5.68. The number of unbranched alkanes of at least 4 members (excludes halogenated alkanes) is 1. The van der Waals surface area contributed by atoms with Gasteiger partial charge in [-0.2, -0.15) is 0 Å². The van der Waals surface area contributed by atoms with E-state index in [2.05, 4.69) is 45.0 Å². The molecule has 1 aromatic rings. The van der Waals surface area contributed by atoms with Gasteiger partial charge in [-0.15, -0.1) is 0 Å². The highest BCUT2D eigenvalue weighted by Gasteiger charge is 2.40. The molecule has 1 heteroatoms. The van der Waals surface area contributed by atoms with E-state index >= 15 is 0 Å². The van der Waals surface area contributed by atoms with Gasteiger partial charge in [-0.25, -0.2) is 0 Å². The molecule has 0 amide bonds. The summed E-state index contributed by atoms with van der Waals surface area (Å²) in [7, 11) is 0. The molecule has 0 aromatic heterocycles. The van der Waals surface area contributed by atoms with Gasteiger partial charge in [0.2, 0.25) is 0 Å². The summed E-state index contributed by atoms with van der Waals surface area (Å²) in [5.41, 5.74) is 2.93. The maximum absolute atomic E-state index is 5.68. The van der Waals surface area contributed by atoms with Crippen LogP contribution in [-0.2, 0) is 17.6 Å². The van der Waals surface area contributed by atoms with Crippen molar-refractivity contribution in [3.63, 3.8) is 0 Å². The molecule has 1 aromatic carbocycles. The summed E-state index contributed by atoms with van der Waals surface area (Å²) in [6.07, 6.45) is 7.13. The Bertz CT molecular complexity index is 354. The maximum atomic E-state index is 5.68. The number of ether oxygens (including phenoxy) is 1. The molecule has 1 fully saturated rings. The van der Waals surface area contributed by atoms with Crippen LogP contribution in [0.3, 0.4) is 0 Å². The summed E-state index contributed by atoms with van der Waals surface area (Å²) in [5.74, 6) is 0.649. The van der Waals surface area contributed by atoms with Crippen molar-refractivity contribution in [3.8, 4) is 0 Å². The number of hydrogen-bond donors (Lipinski definition) is 0. The van der Waals surface area contributed by atoms with Gasteiger partial charge < -0.3 is 4.74 Å². The number of aryl methyl sites for hydroxylation is 1. The molecule has 0 saturated carbocycles. The number of epoxide rings is 1. The van der Waals surface area contributed by atoms with Gasteiger partial charge in [0.05, 0.1) is 12.2 Å². The van der Waals surface area contributed by atoms with E-state index in [0.717, 1.165) is 12.8 Å². The molecule has 1 heterocycles. The zero-order valence-corrected chi connectivity index (χ0v) is 12.0. The van der Waals surface area contributed by atoms with Gasteiger partial charge in [-0.1, -0.05) is 51.5 Å². The first kappa shape index (κ1) is 13.6. The van der Waals surface area contributed by atoms with Gasteiger partial charge in [0.1, 0.15) is 0 Å². The Morgan fingerprint density at radius 1 is 1.11 bits per heavy atom. The number of hydrogen-bond acceptors (Lipinski definition) is 1. The third-order valence-electron chi connectivity index (χ3n) is 3.98. The van der Waals surface area contributed by atoms with Crippen molar-refractivity contribution in [1.82, 2.24) is 0 Å². The first-order valence-electron chi connectivity index (χ1n) is 7.47. The summed E-state index contributed by atoms with van der Waals surface area (Å²) in [6.45, 7) is 6.76. The second-order valence-corrected chi connectivity index (χ2v) is 5.65. The van der Waals surface area contributed by atoms with Crippen molar-refractivity contribution in [3.05, 3.63) is 35.4 Å². The van der Waals surface area contributed by atoms with Gasteiger partial charge >= 0.3 is 0 Å². The fourth-order valence-electron chi connectivity index (χ4n) is 2.70. The average molecular weight is 246 g/mol. The average Bonchev–Trinajstić information content (AvgIpc) is 3.17. The topological polar surface area (TPSA) is 12.5 Å². The predicted octanol–water partition coefficient (Wildman–Crippen LogP) is 4.39. The Kier molecular flexibility index (Phi) is 4.82. The molecule has 1 aliphatic heterocycles. The standard InChI is InChI=1S/C17H26O/c1-4-6-7-14-8-10-15(11-9-14)12-13(3)17-16(5-2)18-17/h8-11,13,16-17H,4-7,12H2,1-3H3. The fraction of sp³-hybridized carbons (Fsp3) is 0.647. The monoisotopic (exact) mass is 246 g/mol. The van der Waals surface area contributed by atoms with Crippen LogP contribution in [0.1, 0.15) is 51.2 Å². The van der Waals surface area contributed by atoms with Crippen LogP contribution in [0.2, 0.25) is 0 Å². The van der Waals surface area contributed by atoms with Gasteiger partial charge in [-0.05, 0) is 42.7 Å². The van der Waals surface area contributed by atoms with Crippen LogP contribution in [0.4, 0.5) is 0 Å². The summed E-state index contributed by atoms with van der Waals surface area (Å²) in [6, 6.07) is 9.18. The van der Waals surface area contributed by atoms with Crippen LogP contribution in [0.5, 0.6) is 0 Å². The van der Waals surface area contributed by atoms with E-state index in [1.807, 2.05) is 0 Å². The lowest BCUT2D eigenvalue weighted by atomic mass is 9.95. The Morgan fingerprint density at radius 2 is 1.78 bits per heavy atom. The first-order chi connectivity index (χ1) is 8.74. The Labute approximate surface area is 112 Å². The molecule has 1 nitrogen and oxygen atoms in total. The van der Waals surface area contributed by atoms with Crippen LogP contribution >= 0.6 is 0 Å². The van der Waals surface area contributed by atoms with Gasteiger partial charge in [-0.3, -0.25) is 0 Å². The largest absolute Gasteiger partial charge is 0.369 e. The third-order valence-corrected chi connectivity index (χ3v) is 3.98. The third kappa shape index (κ3) is 3.58. The Hall–Kier alpha value is -0.820. The number of rotatable bonds is 7. The molecule has 18 heavy (non-hydrogen) atoms. The van der Waals surface area contributed by atoms with Gasteiger partial charge in [0, 0.05) is 0 Å². The fourth-order valence-corrected chi connectivity index (χ4v) is 2.70. The molecule has 100 valence electrons. The molecule has 3 unspecified atom stereocenters. The first-order valence-corrected chi connectivity index (χ1v) is 7.47. The minimum Gasteiger partial charge on any atom is -0.369 e.